The highest BCUT2D eigenvalue weighted by Gasteiger charge is 2.18. The molecule has 6 N–H and O–H groups in total. The van der Waals surface area contributed by atoms with Gasteiger partial charge in [-0.2, -0.15) is 0 Å². The van der Waals surface area contributed by atoms with E-state index in [1.807, 2.05) is 120 Å². The molecule has 0 radical (unpaired) electrons. The Morgan fingerprint density at radius 3 is 1.12 bits per heavy atom. The Bertz CT molecular complexity index is 1290. The average Bonchev–Trinajstić information content (AvgIpc) is 3.05. The smallest absolute Gasteiger partial charge is 0.407 e. The molecule has 0 bridgehead atoms. The van der Waals surface area contributed by atoms with Crippen molar-refractivity contribution in [1.82, 2.24) is 16.0 Å². The molecule has 3 rings (SSSR count). The fraction of sp³-hybridized carbons (Fsp3) is 0.571. The van der Waals surface area contributed by atoms with Crippen molar-refractivity contribution in [2.75, 3.05) is 19.6 Å². The first-order valence-electron chi connectivity index (χ1n) is 18.6. The third-order valence-electron chi connectivity index (χ3n) is 6.86. The van der Waals surface area contributed by atoms with Gasteiger partial charge in [0.05, 0.1) is 6.10 Å². The second kappa shape index (κ2) is 34.1. The number of hydrogen-bond donors (Lipinski definition) is 5. The van der Waals surface area contributed by atoms with Gasteiger partial charge < -0.3 is 41.0 Å². The van der Waals surface area contributed by atoms with Gasteiger partial charge >= 0.3 is 18.3 Å². The van der Waals surface area contributed by atoms with Crippen LogP contribution in [0.2, 0.25) is 0 Å². The minimum Gasteiger partial charge on any atom is -0.444 e. The summed E-state index contributed by atoms with van der Waals surface area (Å²) in [6, 6.07) is 29.8. The van der Waals surface area contributed by atoms with Crippen molar-refractivity contribution in [3.8, 4) is 0 Å². The fourth-order valence-corrected chi connectivity index (χ4v) is 4.65. The number of aliphatic hydroxyl groups excluding tert-OH is 1. The highest BCUT2D eigenvalue weighted by atomic mass is 16.6. The van der Waals surface area contributed by atoms with Gasteiger partial charge in [0.2, 0.25) is 0 Å². The van der Waals surface area contributed by atoms with E-state index >= 15 is 0 Å². The van der Waals surface area contributed by atoms with Crippen LogP contribution in [-0.2, 0) is 33.5 Å². The van der Waals surface area contributed by atoms with Crippen LogP contribution in [0.5, 0.6) is 0 Å². The number of rotatable bonds is 12. The Morgan fingerprint density at radius 2 is 0.783 bits per heavy atom. The summed E-state index contributed by atoms with van der Waals surface area (Å²) in [7, 11) is 0. The first-order valence-corrected chi connectivity index (χ1v) is 18.6. The van der Waals surface area contributed by atoms with E-state index < -0.39 is 35.1 Å². The summed E-state index contributed by atoms with van der Waals surface area (Å²) in [6.07, 6.45) is 0.312. The Labute approximate surface area is 368 Å². The monoisotopic (exact) mass is 847 g/mol. The number of aliphatic hydroxyl groups is 1. The van der Waals surface area contributed by atoms with Gasteiger partial charge in [0.1, 0.15) is 16.8 Å². The van der Waals surface area contributed by atoms with Crippen LogP contribution in [0.25, 0.3) is 0 Å². The molecule has 0 saturated heterocycles. The summed E-state index contributed by atoms with van der Waals surface area (Å²) >= 11 is 0. The number of hydrogen-bond acceptors (Lipinski definition) is 8. The summed E-state index contributed by atoms with van der Waals surface area (Å²) in [4.78, 5) is 34.3. The van der Waals surface area contributed by atoms with Crippen molar-refractivity contribution < 1.29 is 33.7 Å². The van der Waals surface area contributed by atoms with E-state index in [9.17, 15) is 19.5 Å². The van der Waals surface area contributed by atoms with E-state index in [0.29, 0.717) is 25.4 Å². The number of benzene rings is 3. The molecule has 3 amide bonds. The molecule has 0 fully saturated rings. The van der Waals surface area contributed by atoms with Crippen molar-refractivity contribution in [3.63, 3.8) is 0 Å². The molecule has 3 aromatic carbocycles. The van der Waals surface area contributed by atoms with Crippen LogP contribution < -0.4 is 21.7 Å². The maximum absolute atomic E-state index is 11.5. The molecule has 60 heavy (non-hydrogen) atoms. The number of ether oxygens (including phenoxy) is 3. The standard InChI is InChI=1S/C15H23NO2.C14H22N2O2.C14H21NO3.6CH4/c1-12(10-13-8-6-5-7-9-13)11-16-14(17)18-15(2,3)4;1-14(2,3)18-13(17)16-10-12(15)9-11-7-5-4-6-8-11;1-14(2,3)18-13(17)15-10-12(16)9-11-7-5-4-6-8-11;;;;;;/h5-9,12H,10-11H2,1-4H3,(H,16,17);4-8,12H,9-10,15H2,1-3H3,(H,16,17);4-8,12,16H,9-10H2,1-3H3,(H,15,17);6*1H4. The van der Waals surface area contributed by atoms with Crippen molar-refractivity contribution in [1.29, 1.82) is 0 Å². The first kappa shape index (κ1) is 67.2. The molecule has 0 heterocycles. The summed E-state index contributed by atoms with van der Waals surface area (Å²) in [5.41, 5.74) is 8.00. The predicted octanol–water partition coefficient (Wildman–Crippen LogP) is 11.4. The maximum atomic E-state index is 11.5. The number of nitrogens with one attached hydrogen (secondary N) is 3. The largest absolute Gasteiger partial charge is 0.444 e. The minimum absolute atomic E-state index is 0. The fourth-order valence-electron chi connectivity index (χ4n) is 4.65. The van der Waals surface area contributed by atoms with E-state index in [1.165, 1.54) is 5.56 Å². The molecule has 0 aliphatic rings. The number of carbonyl (C=O) groups is 3. The van der Waals surface area contributed by atoms with Gasteiger partial charge in [-0.15, -0.1) is 0 Å². The second-order valence-electron chi connectivity index (χ2n) is 16.2. The van der Waals surface area contributed by atoms with Crippen LogP contribution in [-0.4, -0.2) is 72.0 Å². The van der Waals surface area contributed by atoms with E-state index in [1.54, 1.807) is 20.8 Å². The average molecular weight is 847 g/mol. The molecule has 0 saturated carbocycles. The van der Waals surface area contributed by atoms with Gasteiger partial charge in [0.25, 0.3) is 0 Å². The zero-order valence-electron chi connectivity index (χ0n) is 34.1. The lowest BCUT2D eigenvalue weighted by Crippen LogP contribution is -2.41. The molecule has 11 nitrogen and oxygen atoms in total. The van der Waals surface area contributed by atoms with Crippen LogP contribution in [0.1, 0.15) is 130 Å². The molecule has 0 aliphatic heterocycles. The van der Waals surface area contributed by atoms with Crippen LogP contribution in [0.3, 0.4) is 0 Å². The first-order chi connectivity index (χ1) is 25.1. The van der Waals surface area contributed by atoms with Crippen molar-refractivity contribution in [2.45, 2.75) is 162 Å². The van der Waals surface area contributed by atoms with Crippen molar-refractivity contribution in [3.05, 3.63) is 108 Å². The number of nitrogens with two attached hydrogens (primary N) is 1. The molecule has 0 spiro atoms. The summed E-state index contributed by atoms with van der Waals surface area (Å²) in [5, 5.41) is 17.8. The molecule has 0 aliphatic carbocycles. The van der Waals surface area contributed by atoms with Gasteiger partial charge in [0.15, 0.2) is 0 Å². The van der Waals surface area contributed by atoms with E-state index in [-0.39, 0.29) is 63.2 Å². The van der Waals surface area contributed by atoms with Crippen LogP contribution in [0, 0.1) is 5.92 Å². The molecule has 11 heteroatoms. The van der Waals surface area contributed by atoms with Crippen LogP contribution in [0.4, 0.5) is 14.4 Å². The summed E-state index contributed by atoms with van der Waals surface area (Å²) in [6.45, 7) is 19.8. The molecule has 3 unspecified atom stereocenters. The van der Waals surface area contributed by atoms with Gasteiger partial charge in [-0.05, 0) is 97.8 Å². The predicted molar refractivity (Wildman–Crippen MR) is 257 cm³/mol. The highest BCUT2D eigenvalue weighted by molar-refractivity contribution is 5.68. The Morgan fingerprint density at radius 1 is 0.500 bits per heavy atom. The molecular weight excluding hydrogens is 757 g/mol. The van der Waals surface area contributed by atoms with E-state index in [2.05, 4.69) is 35.0 Å². The lowest BCUT2D eigenvalue weighted by Gasteiger charge is -2.20. The Kier molecular flexibility index (Phi) is 38.2. The zero-order valence-corrected chi connectivity index (χ0v) is 34.1. The maximum Gasteiger partial charge on any atom is 0.407 e. The number of carbonyl (C=O) groups excluding carboxylic acids is 3. The molecular formula is C49H90N4O7. The quantitative estimate of drug-likeness (QED) is 0.113. The Balaban J connectivity index is -0.000000174. The third-order valence-corrected chi connectivity index (χ3v) is 6.86. The van der Waals surface area contributed by atoms with Crippen LogP contribution >= 0.6 is 0 Å². The van der Waals surface area contributed by atoms with Crippen molar-refractivity contribution in [2.24, 2.45) is 11.7 Å². The molecule has 3 aromatic rings. The normalized spacial score (nSPS) is 11.6. The lowest BCUT2D eigenvalue weighted by molar-refractivity contribution is 0.0487. The molecule has 3 atom stereocenters. The van der Waals surface area contributed by atoms with E-state index in [0.717, 1.165) is 24.0 Å². The van der Waals surface area contributed by atoms with Gasteiger partial charge in [0, 0.05) is 32.1 Å². The highest BCUT2D eigenvalue weighted by Crippen LogP contribution is 2.10. The zero-order chi connectivity index (χ0) is 40.8. The summed E-state index contributed by atoms with van der Waals surface area (Å²) < 4.78 is 15.4. The Hall–Kier alpha value is -4.61. The minimum atomic E-state index is -0.611. The SMILES string of the molecule is C.C.C.C.C.C.CC(C)(C)OC(=O)NCC(N)Cc1ccccc1.CC(C)(C)OC(=O)NCC(O)Cc1ccccc1.CC(CNC(=O)OC(C)(C)C)Cc1ccccc1. The van der Waals surface area contributed by atoms with E-state index in [4.69, 9.17) is 19.9 Å². The molecule has 348 valence electrons. The molecule has 0 aromatic heterocycles. The lowest BCUT2D eigenvalue weighted by atomic mass is 10.0. The second-order valence-corrected chi connectivity index (χ2v) is 16.2. The van der Waals surface area contributed by atoms with Gasteiger partial charge in [-0.25, -0.2) is 14.4 Å². The third kappa shape index (κ3) is 38.9. The topological polar surface area (TPSA) is 161 Å². The van der Waals surface area contributed by atoms with Crippen molar-refractivity contribution >= 4 is 18.3 Å². The van der Waals surface area contributed by atoms with Gasteiger partial charge in [-0.3, -0.25) is 0 Å². The number of alkyl carbamates (subject to hydrolysis) is 3. The number of amides is 3. The summed E-state index contributed by atoms with van der Waals surface area (Å²) in [5.74, 6) is 0.389. The van der Waals surface area contributed by atoms with Gasteiger partial charge in [-0.1, -0.05) is 142 Å². The van der Waals surface area contributed by atoms with Crippen LogP contribution in [0.15, 0.2) is 91.0 Å².